The van der Waals surface area contributed by atoms with Gasteiger partial charge in [0.05, 0.1) is 40.3 Å². The maximum Gasteiger partial charge on any atom is 0.247 e. The predicted molar refractivity (Wildman–Crippen MR) is 127 cm³/mol. The normalized spacial score (nSPS) is 14.4. The molecule has 0 unspecified atom stereocenters. The summed E-state index contributed by atoms with van der Waals surface area (Å²) in [6, 6.07) is 9.66. The van der Waals surface area contributed by atoms with Crippen molar-refractivity contribution in [3.05, 3.63) is 48.2 Å². The third kappa shape index (κ3) is 4.68. The van der Waals surface area contributed by atoms with Crippen LogP contribution in [0.2, 0.25) is 0 Å². The van der Waals surface area contributed by atoms with Gasteiger partial charge in [-0.25, -0.2) is 0 Å². The smallest absolute Gasteiger partial charge is 0.247 e. The zero-order chi connectivity index (χ0) is 23.4. The van der Waals surface area contributed by atoms with E-state index in [9.17, 15) is 4.79 Å². The second kappa shape index (κ2) is 10.0. The van der Waals surface area contributed by atoms with Gasteiger partial charge in [0.15, 0.2) is 11.5 Å². The number of fused-ring (bicyclic) bond motifs is 1. The average molecular weight is 452 g/mol. The largest absolute Gasteiger partial charge is 0.493 e. The number of allylic oxidation sites excluding steroid dienone is 1. The summed E-state index contributed by atoms with van der Waals surface area (Å²) in [7, 11) is 3.22. The Morgan fingerprint density at radius 3 is 2.52 bits per heavy atom. The van der Waals surface area contributed by atoms with Crippen LogP contribution in [0.4, 0.5) is 0 Å². The topological polar surface area (TPSA) is 70.4 Å². The molecular weight excluding hydrogens is 422 g/mol. The molecule has 0 aliphatic carbocycles. The van der Waals surface area contributed by atoms with Gasteiger partial charge in [-0.15, -0.1) is 0 Å². The Kier molecular flexibility index (Phi) is 6.89. The van der Waals surface area contributed by atoms with Crippen molar-refractivity contribution >= 4 is 22.4 Å². The third-order valence-corrected chi connectivity index (χ3v) is 5.76. The Morgan fingerprint density at radius 1 is 1.06 bits per heavy atom. The van der Waals surface area contributed by atoms with Crippen LogP contribution in [0.3, 0.4) is 0 Å². The van der Waals surface area contributed by atoms with Crippen molar-refractivity contribution in [2.45, 2.75) is 13.8 Å². The number of nitrogens with zero attached hydrogens (tertiary/aromatic N) is 1. The van der Waals surface area contributed by atoms with Gasteiger partial charge in [0.2, 0.25) is 5.91 Å². The second-order valence-corrected chi connectivity index (χ2v) is 7.76. The molecule has 0 spiro atoms. The summed E-state index contributed by atoms with van der Waals surface area (Å²) in [5.74, 6) is 1.96. The van der Waals surface area contributed by atoms with Crippen molar-refractivity contribution < 1.29 is 28.2 Å². The number of morpholine rings is 1. The van der Waals surface area contributed by atoms with Crippen molar-refractivity contribution in [1.82, 2.24) is 4.90 Å². The van der Waals surface area contributed by atoms with E-state index in [1.54, 1.807) is 31.5 Å². The van der Waals surface area contributed by atoms with E-state index in [1.165, 1.54) is 0 Å². The number of hydrogen-bond acceptors (Lipinski definition) is 6. The van der Waals surface area contributed by atoms with E-state index >= 15 is 0 Å². The molecule has 0 saturated carbocycles. The predicted octanol–water partition coefficient (Wildman–Crippen LogP) is 4.78. The minimum Gasteiger partial charge on any atom is -0.493 e. The van der Waals surface area contributed by atoms with Crippen LogP contribution in [0.15, 0.2) is 47.1 Å². The van der Waals surface area contributed by atoms with Gasteiger partial charge in [0, 0.05) is 41.7 Å². The number of methoxy groups -OCH3 is 2. The second-order valence-electron chi connectivity index (χ2n) is 7.76. The molecule has 7 nitrogen and oxygen atoms in total. The highest BCUT2D eigenvalue weighted by molar-refractivity contribution is 6.00. The summed E-state index contributed by atoms with van der Waals surface area (Å²) in [5, 5.41) is 0.923. The molecule has 1 aliphatic heterocycles. The third-order valence-electron chi connectivity index (χ3n) is 5.76. The van der Waals surface area contributed by atoms with Crippen LogP contribution in [0, 0.1) is 0 Å². The lowest BCUT2D eigenvalue weighted by Crippen LogP contribution is -2.39. The summed E-state index contributed by atoms with van der Waals surface area (Å²) in [5.41, 5.74) is 4.25. The minimum atomic E-state index is -0.0225. The fourth-order valence-corrected chi connectivity index (χ4v) is 4.00. The Hall–Kier alpha value is -3.45. The number of ether oxygens (including phenoxy) is 4. The van der Waals surface area contributed by atoms with Gasteiger partial charge in [-0.05, 0) is 43.2 Å². The van der Waals surface area contributed by atoms with Crippen LogP contribution in [-0.4, -0.2) is 57.9 Å². The number of rotatable bonds is 7. The highest BCUT2D eigenvalue weighted by Gasteiger charge is 2.19. The maximum atomic E-state index is 12.8. The zero-order valence-electron chi connectivity index (χ0n) is 19.5. The van der Waals surface area contributed by atoms with Crippen molar-refractivity contribution in [3.63, 3.8) is 0 Å². The molecule has 1 fully saturated rings. The van der Waals surface area contributed by atoms with E-state index in [1.807, 2.05) is 44.2 Å². The molecule has 7 heteroatoms. The lowest BCUT2D eigenvalue weighted by molar-refractivity contribution is -0.129. The van der Waals surface area contributed by atoms with Crippen LogP contribution < -0.4 is 14.2 Å². The lowest BCUT2D eigenvalue weighted by atomic mass is 9.99. The average Bonchev–Trinajstić information content (AvgIpc) is 3.26. The molecule has 3 aromatic rings. The Balaban J connectivity index is 1.77. The van der Waals surface area contributed by atoms with Gasteiger partial charge in [-0.2, -0.15) is 0 Å². The number of carbonyl (C=O) groups excluding carboxylic acids is 1. The van der Waals surface area contributed by atoms with Crippen LogP contribution in [0.25, 0.3) is 27.7 Å². The monoisotopic (exact) mass is 451 g/mol. The van der Waals surface area contributed by atoms with Crippen LogP contribution in [0.5, 0.6) is 17.2 Å². The van der Waals surface area contributed by atoms with Gasteiger partial charge >= 0.3 is 0 Å². The molecule has 2 aromatic carbocycles. The molecule has 0 radical (unpaired) electrons. The summed E-state index contributed by atoms with van der Waals surface area (Å²) in [4.78, 5) is 14.6. The first-order valence-corrected chi connectivity index (χ1v) is 11.0. The van der Waals surface area contributed by atoms with Crippen molar-refractivity contribution in [2.75, 3.05) is 47.1 Å². The zero-order valence-corrected chi connectivity index (χ0v) is 19.5. The molecule has 2 heterocycles. The first-order chi connectivity index (χ1) is 16.0. The Bertz CT molecular complexity index is 1170. The molecule has 0 bridgehead atoms. The van der Waals surface area contributed by atoms with Crippen LogP contribution >= 0.6 is 0 Å². The Morgan fingerprint density at radius 2 is 1.82 bits per heavy atom. The highest BCUT2D eigenvalue weighted by Crippen LogP contribution is 2.40. The maximum absolute atomic E-state index is 12.8. The number of hydrogen-bond donors (Lipinski definition) is 0. The summed E-state index contributed by atoms with van der Waals surface area (Å²) < 4.78 is 27.9. The fraction of sp³-hybridized carbons (Fsp3) is 0.346. The van der Waals surface area contributed by atoms with Crippen molar-refractivity contribution in [3.8, 4) is 28.4 Å². The molecule has 4 rings (SSSR count). The van der Waals surface area contributed by atoms with Gasteiger partial charge in [-0.1, -0.05) is 6.07 Å². The van der Waals surface area contributed by atoms with E-state index < -0.39 is 0 Å². The summed E-state index contributed by atoms with van der Waals surface area (Å²) in [6.07, 6.45) is 3.40. The van der Waals surface area contributed by atoms with E-state index in [4.69, 9.17) is 23.4 Å². The molecular formula is C26H29NO6. The first-order valence-electron chi connectivity index (χ1n) is 11.0. The molecule has 33 heavy (non-hydrogen) atoms. The highest BCUT2D eigenvalue weighted by atomic mass is 16.5. The van der Waals surface area contributed by atoms with E-state index in [-0.39, 0.29) is 5.91 Å². The van der Waals surface area contributed by atoms with Gasteiger partial charge in [0.1, 0.15) is 11.3 Å². The Labute approximate surface area is 193 Å². The SMILES string of the molecule is CCOc1cc2occ(-c3ccc(OC)c(OC)c3)c2cc1/C(C)=C/C(=O)N1CCOCC1. The van der Waals surface area contributed by atoms with Crippen molar-refractivity contribution in [1.29, 1.82) is 0 Å². The number of furan rings is 1. The quantitative estimate of drug-likeness (QED) is 0.482. The van der Waals surface area contributed by atoms with Crippen molar-refractivity contribution in [2.24, 2.45) is 0 Å². The van der Waals surface area contributed by atoms with Crippen LogP contribution in [0.1, 0.15) is 19.4 Å². The molecule has 174 valence electrons. The number of amides is 1. The van der Waals surface area contributed by atoms with Gasteiger partial charge in [-0.3, -0.25) is 4.79 Å². The van der Waals surface area contributed by atoms with Crippen LogP contribution in [-0.2, 0) is 9.53 Å². The molecule has 1 aromatic heterocycles. The molecule has 1 amide bonds. The van der Waals surface area contributed by atoms with Gasteiger partial charge in [0.25, 0.3) is 0 Å². The number of benzene rings is 2. The standard InChI is InChI=1S/C26H29NO6/c1-5-32-23-15-24-20(14-19(23)17(2)12-26(28)27-8-10-31-11-9-27)21(16-33-24)18-6-7-22(29-3)25(13-18)30-4/h6-7,12-16H,5,8-11H2,1-4H3/b17-12+. The molecule has 1 saturated heterocycles. The van der Waals surface area contributed by atoms with E-state index in [0.29, 0.717) is 55.7 Å². The molecule has 1 aliphatic rings. The minimum absolute atomic E-state index is 0.0225. The summed E-state index contributed by atoms with van der Waals surface area (Å²) in [6.45, 7) is 6.71. The molecule has 0 atom stereocenters. The first kappa shape index (κ1) is 22.7. The molecule has 0 N–H and O–H groups in total. The van der Waals surface area contributed by atoms with E-state index in [2.05, 4.69) is 0 Å². The van der Waals surface area contributed by atoms with E-state index in [0.717, 1.165) is 27.6 Å². The van der Waals surface area contributed by atoms with Gasteiger partial charge < -0.3 is 28.3 Å². The number of carbonyl (C=O) groups is 1. The summed E-state index contributed by atoms with van der Waals surface area (Å²) >= 11 is 0. The fourth-order valence-electron chi connectivity index (χ4n) is 4.00. The lowest BCUT2D eigenvalue weighted by Gasteiger charge is -2.26.